The summed E-state index contributed by atoms with van der Waals surface area (Å²) in [5.74, 6) is -2.04. The van der Waals surface area contributed by atoms with E-state index in [-0.39, 0.29) is 11.5 Å². The van der Waals surface area contributed by atoms with Gasteiger partial charge in [0, 0.05) is 11.3 Å². The van der Waals surface area contributed by atoms with E-state index in [1.54, 1.807) is 16.8 Å². The summed E-state index contributed by atoms with van der Waals surface area (Å²) in [6.07, 6.45) is 2.32. The van der Waals surface area contributed by atoms with Gasteiger partial charge in [0.25, 0.3) is 5.91 Å². The van der Waals surface area contributed by atoms with Gasteiger partial charge in [-0.1, -0.05) is 6.07 Å². The standard InChI is InChI=1S/C17H18FN3O3/c1-17(2,16(23)24)19-15(22)14-12-7-4-8-13(12)21(20-14)11-6-3-5-10(18)9-11/h3,5-6,9H,4,7-8H2,1-2H3,(H,19,22)(H,23,24). The van der Waals surface area contributed by atoms with E-state index in [4.69, 9.17) is 5.11 Å². The number of rotatable bonds is 4. The second-order valence-electron chi connectivity index (χ2n) is 6.40. The van der Waals surface area contributed by atoms with Crippen LogP contribution in [-0.4, -0.2) is 32.3 Å². The second-order valence-corrected chi connectivity index (χ2v) is 6.40. The molecule has 2 aromatic rings. The van der Waals surface area contributed by atoms with Gasteiger partial charge >= 0.3 is 5.97 Å². The van der Waals surface area contributed by atoms with E-state index in [2.05, 4.69) is 10.4 Å². The highest BCUT2D eigenvalue weighted by atomic mass is 19.1. The van der Waals surface area contributed by atoms with Crippen LogP contribution in [0.3, 0.4) is 0 Å². The van der Waals surface area contributed by atoms with Crippen molar-refractivity contribution >= 4 is 11.9 Å². The number of carboxylic acid groups (broad SMARTS) is 1. The van der Waals surface area contributed by atoms with Gasteiger partial charge in [-0.25, -0.2) is 13.9 Å². The number of halogens is 1. The first-order valence-electron chi connectivity index (χ1n) is 7.72. The number of benzene rings is 1. The number of aromatic nitrogens is 2. The third-order valence-corrected chi connectivity index (χ3v) is 4.16. The lowest BCUT2D eigenvalue weighted by Gasteiger charge is -2.20. The molecule has 0 fully saturated rings. The predicted octanol–water partition coefficient (Wildman–Crippen LogP) is 2.09. The lowest BCUT2D eigenvalue weighted by molar-refractivity contribution is -0.143. The number of aliphatic carboxylic acids is 1. The summed E-state index contributed by atoms with van der Waals surface area (Å²) in [6.45, 7) is 2.83. The summed E-state index contributed by atoms with van der Waals surface area (Å²) in [4.78, 5) is 23.7. The lowest BCUT2D eigenvalue weighted by Crippen LogP contribution is -2.49. The maximum atomic E-state index is 13.5. The van der Waals surface area contributed by atoms with E-state index in [9.17, 15) is 14.0 Å². The van der Waals surface area contributed by atoms with Gasteiger partial charge in [0.2, 0.25) is 0 Å². The summed E-state index contributed by atoms with van der Waals surface area (Å²) in [6, 6.07) is 6.00. The van der Waals surface area contributed by atoms with Crippen molar-refractivity contribution in [2.24, 2.45) is 0 Å². The summed E-state index contributed by atoms with van der Waals surface area (Å²) in [5.41, 5.74) is 1.04. The molecule has 126 valence electrons. The van der Waals surface area contributed by atoms with Gasteiger partial charge in [-0.3, -0.25) is 4.79 Å². The molecule has 1 heterocycles. The Bertz CT molecular complexity index is 826. The first kappa shape index (κ1) is 16.2. The van der Waals surface area contributed by atoms with Crippen molar-refractivity contribution in [3.8, 4) is 5.69 Å². The molecule has 3 rings (SSSR count). The normalized spacial score (nSPS) is 13.6. The van der Waals surface area contributed by atoms with Crippen LogP contribution in [0.2, 0.25) is 0 Å². The van der Waals surface area contributed by atoms with Crippen molar-refractivity contribution in [2.75, 3.05) is 0 Å². The van der Waals surface area contributed by atoms with Crippen molar-refractivity contribution in [2.45, 2.75) is 38.6 Å². The SMILES string of the molecule is CC(C)(NC(=O)c1nn(-c2cccc(F)c2)c2c1CCC2)C(=O)O. The van der Waals surface area contributed by atoms with Gasteiger partial charge in [-0.2, -0.15) is 5.10 Å². The monoisotopic (exact) mass is 331 g/mol. The summed E-state index contributed by atoms with van der Waals surface area (Å²) >= 11 is 0. The molecular formula is C17H18FN3O3. The van der Waals surface area contributed by atoms with Gasteiger partial charge in [0.05, 0.1) is 5.69 Å². The molecule has 0 saturated carbocycles. The molecule has 0 spiro atoms. The Morgan fingerprint density at radius 1 is 1.33 bits per heavy atom. The molecule has 0 aliphatic heterocycles. The van der Waals surface area contributed by atoms with Crippen LogP contribution in [-0.2, 0) is 17.6 Å². The number of nitrogens with zero attached hydrogens (tertiary/aromatic N) is 2. The molecule has 1 amide bonds. The van der Waals surface area contributed by atoms with E-state index in [0.717, 1.165) is 24.1 Å². The number of hydrogen-bond donors (Lipinski definition) is 2. The maximum Gasteiger partial charge on any atom is 0.328 e. The van der Waals surface area contributed by atoms with E-state index in [0.29, 0.717) is 12.1 Å². The molecule has 2 N–H and O–H groups in total. The first-order valence-corrected chi connectivity index (χ1v) is 7.72. The van der Waals surface area contributed by atoms with Crippen molar-refractivity contribution < 1.29 is 19.1 Å². The quantitative estimate of drug-likeness (QED) is 0.898. The van der Waals surface area contributed by atoms with Gasteiger partial charge in [-0.15, -0.1) is 0 Å². The van der Waals surface area contributed by atoms with E-state index >= 15 is 0 Å². The topological polar surface area (TPSA) is 84.2 Å². The minimum Gasteiger partial charge on any atom is -0.480 e. The summed E-state index contributed by atoms with van der Waals surface area (Å²) < 4.78 is 15.1. The van der Waals surface area contributed by atoms with Gasteiger partial charge in [0.15, 0.2) is 5.69 Å². The zero-order valence-electron chi connectivity index (χ0n) is 13.5. The molecule has 7 heteroatoms. The number of nitrogens with one attached hydrogen (secondary N) is 1. The van der Waals surface area contributed by atoms with Crippen molar-refractivity contribution in [3.05, 3.63) is 47.0 Å². The van der Waals surface area contributed by atoms with Crippen LogP contribution < -0.4 is 5.32 Å². The van der Waals surface area contributed by atoms with Gasteiger partial charge in [-0.05, 0) is 51.3 Å². The lowest BCUT2D eigenvalue weighted by atomic mass is 10.1. The Kier molecular flexibility index (Phi) is 3.87. The van der Waals surface area contributed by atoms with E-state index in [1.807, 2.05) is 0 Å². The highest BCUT2D eigenvalue weighted by Gasteiger charge is 2.33. The first-order chi connectivity index (χ1) is 11.3. The number of fused-ring (bicyclic) bond motifs is 1. The average Bonchev–Trinajstić information content (AvgIpc) is 3.08. The molecular weight excluding hydrogens is 313 g/mol. The van der Waals surface area contributed by atoms with Crippen LogP contribution in [0.1, 0.15) is 42.0 Å². The fraction of sp³-hybridized carbons (Fsp3) is 0.353. The van der Waals surface area contributed by atoms with Crippen molar-refractivity contribution in [3.63, 3.8) is 0 Å². The smallest absolute Gasteiger partial charge is 0.328 e. The van der Waals surface area contributed by atoms with Crippen LogP contribution in [0.4, 0.5) is 4.39 Å². The number of amides is 1. The number of carboxylic acids is 1. The molecule has 0 radical (unpaired) electrons. The molecule has 6 nitrogen and oxygen atoms in total. The Labute approximate surface area is 138 Å². The van der Waals surface area contributed by atoms with Crippen LogP contribution >= 0.6 is 0 Å². The largest absolute Gasteiger partial charge is 0.480 e. The number of carbonyl (C=O) groups is 2. The Hall–Kier alpha value is -2.70. The van der Waals surface area contributed by atoms with Crippen LogP contribution in [0.5, 0.6) is 0 Å². The molecule has 1 aromatic carbocycles. The molecule has 0 atom stereocenters. The molecule has 1 aliphatic carbocycles. The maximum absolute atomic E-state index is 13.5. The van der Waals surface area contributed by atoms with Gasteiger partial charge < -0.3 is 10.4 Å². The van der Waals surface area contributed by atoms with E-state index < -0.39 is 17.4 Å². The molecule has 1 aliphatic rings. The second kappa shape index (κ2) is 5.74. The molecule has 0 unspecified atom stereocenters. The third kappa shape index (κ3) is 2.77. The zero-order chi connectivity index (χ0) is 17.5. The van der Waals surface area contributed by atoms with Crippen LogP contribution in [0, 0.1) is 5.82 Å². The molecule has 0 bridgehead atoms. The highest BCUT2D eigenvalue weighted by molar-refractivity contribution is 5.97. The molecule has 1 aromatic heterocycles. The minimum absolute atomic E-state index is 0.209. The van der Waals surface area contributed by atoms with Crippen LogP contribution in [0.15, 0.2) is 24.3 Å². The van der Waals surface area contributed by atoms with Crippen LogP contribution in [0.25, 0.3) is 5.69 Å². The fourth-order valence-electron chi connectivity index (χ4n) is 2.84. The summed E-state index contributed by atoms with van der Waals surface area (Å²) in [5, 5.41) is 16.0. The molecule has 0 saturated heterocycles. The minimum atomic E-state index is -1.40. The fourth-order valence-corrected chi connectivity index (χ4v) is 2.84. The Morgan fingerprint density at radius 2 is 2.08 bits per heavy atom. The Morgan fingerprint density at radius 3 is 2.75 bits per heavy atom. The zero-order valence-corrected chi connectivity index (χ0v) is 13.5. The number of hydrogen-bond acceptors (Lipinski definition) is 3. The number of carbonyl (C=O) groups excluding carboxylic acids is 1. The van der Waals surface area contributed by atoms with Crippen molar-refractivity contribution in [1.29, 1.82) is 0 Å². The summed E-state index contributed by atoms with van der Waals surface area (Å²) in [7, 11) is 0. The van der Waals surface area contributed by atoms with Gasteiger partial charge in [0.1, 0.15) is 11.4 Å². The van der Waals surface area contributed by atoms with Crippen molar-refractivity contribution in [1.82, 2.24) is 15.1 Å². The third-order valence-electron chi connectivity index (χ3n) is 4.16. The van der Waals surface area contributed by atoms with E-state index in [1.165, 1.54) is 26.0 Å². The highest BCUT2D eigenvalue weighted by Crippen LogP contribution is 2.28. The Balaban J connectivity index is 2.00. The average molecular weight is 331 g/mol. The predicted molar refractivity (Wildman–Crippen MR) is 84.7 cm³/mol. The molecule has 24 heavy (non-hydrogen) atoms.